The van der Waals surface area contributed by atoms with Crippen molar-refractivity contribution < 1.29 is 4.79 Å². The van der Waals surface area contributed by atoms with E-state index in [1.807, 2.05) is 36.7 Å². The first-order valence-electron chi connectivity index (χ1n) is 9.46. The van der Waals surface area contributed by atoms with Crippen LogP contribution in [-0.2, 0) is 6.54 Å². The maximum Gasteiger partial charge on any atom is 0.251 e. The van der Waals surface area contributed by atoms with E-state index in [4.69, 9.17) is 0 Å². The van der Waals surface area contributed by atoms with Crippen molar-refractivity contribution in [2.75, 3.05) is 26.2 Å². The molecule has 0 atom stereocenters. The van der Waals surface area contributed by atoms with Gasteiger partial charge in [-0.1, -0.05) is 18.2 Å². The SMILES string of the molecule is CCNC(=NCCCn1nc(C)cc1C)NCCNC(=O)c1ccccc1. The monoisotopic (exact) mass is 370 g/mol. The molecule has 1 amide bonds. The zero-order chi connectivity index (χ0) is 19.5. The van der Waals surface area contributed by atoms with Crippen LogP contribution in [0.3, 0.4) is 0 Å². The Kier molecular flexibility index (Phi) is 8.35. The summed E-state index contributed by atoms with van der Waals surface area (Å²) < 4.78 is 2.02. The number of carbonyl (C=O) groups is 1. The molecule has 2 rings (SSSR count). The van der Waals surface area contributed by atoms with Gasteiger partial charge < -0.3 is 16.0 Å². The van der Waals surface area contributed by atoms with Crippen LogP contribution in [0.15, 0.2) is 41.4 Å². The number of aryl methyl sites for hydroxylation is 3. The molecule has 0 saturated carbocycles. The zero-order valence-corrected chi connectivity index (χ0v) is 16.5. The Bertz CT molecular complexity index is 738. The predicted molar refractivity (Wildman–Crippen MR) is 109 cm³/mol. The van der Waals surface area contributed by atoms with Gasteiger partial charge in [-0.3, -0.25) is 14.5 Å². The summed E-state index contributed by atoms with van der Waals surface area (Å²) in [4.78, 5) is 16.6. The molecule has 146 valence electrons. The average Bonchev–Trinajstić information content (AvgIpc) is 2.99. The second-order valence-corrected chi connectivity index (χ2v) is 6.31. The van der Waals surface area contributed by atoms with E-state index in [1.54, 1.807) is 12.1 Å². The molecule has 0 fully saturated rings. The Hall–Kier alpha value is -2.83. The van der Waals surface area contributed by atoms with Crippen LogP contribution in [0.5, 0.6) is 0 Å². The maximum atomic E-state index is 12.0. The molecule has 7 heteroatoms. The maximum absolute atomic E-state index is 12.0. The first-order valence-corrected chi connectivity index (χ1v) is 9.46. The van der Waals surface area contributed by atoms with E-state index in [0.29, 0.717) is 25.2 Å². The van der Waals surface area contributed by atoms with Crippen LogP contribution in [0.1, 0.15) is 35.1 Å². The Balaban J connectivity index is 1.70. The summed E-state index contributed by atoms with van der Waals surface area (Å²) >= 11 is 0. The Morgan fingerprint density at radius 1 is 1.11 bits per heavy atom. The lowest BCUT2D eigenvalue weighted by molar-refractivity contribution is 0.0954. The summed E-state index contributed by atoms with van der Waals surface area (Å²) in [6, 6.07) is 11.3. The minimum atomic E-state index is -0.0655. The van der Waals surface area contributed by atoms with Crippen LogP contribution in [0.4, 0.5) is 0 Å². The number of nitrogens with zero attached hydrogens (tertiary/aromatic N) is 3. The van der Waals surface area contributed by atoms with Crippen molar-refractivity contribution in [1.29, 1.82) is 0 Å². The Morgan fingerprint density at radius 2 is 1.85 bits per heavy atom. The molecule has 0 aliphatic heterocycles. The van der Waals surface area contributed by atoms with Gasteiger partial charge in [0.25, 0.3) is 5.91 Å². The summed E-state index contributed by atoms with van der Waals surface area (Å²) in [6.07, 6.45) is 0.920. The normalized spacial score (nSPS) is 11.3. The van der Waals surface area contributed by atoms with Gasteiger partial charge in [0.1, 0.15) is 0 Å². The number of aliphatic imine (C=N–C) groups is 1. The lowest BCUT2D eigenvalue weighted by Gasteiger charge is -2.12. The van der Waals surface area contributed by atoms with Gasteiger partial charge in [-0.2, -0.15) is 5.10 Å². The molecule has 0 spiro atoms. The minimum absolute atomic E-state index is 0.0655. The third-order valence-corrected chi connectivity index (χ3v) is 3.98. The van der Waals surface area contributed by atoms with Crippen LogP contribution in [0.25, 0.3) is 0 Å². The summed E-state index contributed by atoms with van der Waals surface area (Å²) in [6.45, 7) is 9.61. The van der Waals surface area contributed by atoms with Gasteiger partial charge in [0, 0.05) is 44.0 Å². The summed E-state index contributed by atoms with van der Waals surface area (Å²) in [5.74, 6) is 0.698. The molecule has 0 saturated heterocycles. The van der Waals surface area contributed by atoms with E-state index >= 15 is 0 Å². The van der Waals surface area contributed by atoms with Crippen LogP contribution in [-0.4, -0.2) is 47.8 Å². The fourth-order valence-corrected chi connectivity index (χ4v) is 2.70. The number of amides is 1. The molecule has 27 heavy (non-hydrogen) atoms. The second kappa shape index (κ2) is 11.0. The average molecular weight is 371 g/mol. The van der Waals surface area contributed by atoms with Crippen LogP contribution in [0.2, 0.25) is 0 Å². The number of nitrogens with one attached hydrogen (secondary N) is 3. The van der Waals surface area contributed by atoms with E-state index in [0.717, 1.165) is 31.2 Å². The molecule has 0 aliphatic carbocycles. The smallest absolute Gasteiger partial charge is 0.251 e. The first-order chi connectivity index (χ1) is 13.1. The number of hydrogen-bond acceptors (Lipinski definition) is 3. The van der Waals surface area contributed by atoms with Crippen molar-refractivity contribution in [3.05, 3.63) is 53.3 Å². The van der Waals surface area contributed by atoms with Gasteiger partial charge in [-0.25, -0.2) is 0 Å². The van der Waals surface area contributed by atoms with Gasteiger partial charge in [0.05, 0.1) is 5.69 Å². The lowest BCUT2D eigenvalue weighted by atomic mass is 10.2. The fraction of sp³-hybridized carbons (Fsp3) is 0.450. The molecule has 2 aromatic rings. The third kappa shape index (κ3) is 7.13. The van der Waals surface area contributed by atoms with Crippen LogP contribution in [0, 0.1) is 13.8 Å². The highest BCUT2D eigenvalue weighted by Crippen LogP contribution is 2.02. The molecule has 0 unspecified atom stereocenters. The molecule has 7 nitrogen and oxygen atoms in total. The molecule has 0 aliphatic rings. The van der Waals surface area contributed by atoms with E-state index in [2.05, 4.69) is 39.0 Å². The lowest BCUT2D eigenvalue weighted by Crippen LogP contribution is -2.41. The summed E-state index contributed by atoms with van der Waals surface area (Å²) in [5, 5.41) is 13.8. The van der Waals surface area contributed by atoms with Crippen molar-refractivity contribution in [1.82, 2.24) is 25.7 Å². The summed E-state index contributed by atoms with van der Waals surface area (Å²) in [5.41, 5.74) is 2.89. The number of carbonyl (C=O) groups excluding carboxylic acids is 1. The number of guanidine groups is 1. The molecule has 0 bridgehead atoms. The topological polar surface area (TPSA) is 83.3 Å². The quantitative estimate of drug-likeness (QED) is 0.357. The van der Waals surface area contributed by atoms with Gasteiger partial charge in [-0.05, 0) is 45.4 Å². The molecule has 0 radical (unpaired) electrons. The van der Waals surface area contributed by atoms with E-state index in [-0.39, 0.29) is 5.91 Å². The van der Waals surface area contributed by atoms with E-state index in [1.165, 1.54) is 5.69 Å². The van der Waals surface area contributed by atoms with Gasteiger partial charge in [0.15, 0.2) is 5.96 Å². The number of rotatable bonds is 9. The number of benzene rings is 1. The highest BCUT2D eigenvalue weighted by molar-refractivity contribution is 5.94. The second-order valence-electron chi connectivity index (χ2n) is 6.31. The first kappa shape index (κ1) is 20.5. The van der Waals surface area contributed by atoms with Crippen LogP contribution >= 0.6 is 0 Å². The summed E-state index contributed by atoms with van der Waals surface area (Å²) in [7, 11) is 0. The highest BCUT2D eigenvalue weighted by atomic mass is 16.1. The standard InChI is InChI=1S/C20H30N6O/c1-4-21-20(23-11-8-14-26-17(3)15-16(2)25-26)24-13-12-22-19(27)18-9-6-5-7-10-18/h5-7,9-10,15H,4,8,11-14H2,1-3H3,(H,22,27)(H2,21,23,24). The molecule has 1 aromatic carbocycles. The molecule has 1 aromatic heterocycles. The van der Waals surface area contributed by atoms with E-state index in [9.17, 15) is 4.79 Å². The number of hydrogen-bond donors (Lipinski definition) is 3. The molecular formula is C20H30N6O. The highest BCUT2D eigenvalue weighted by Gasteiger charge is 2.04. The van der Waals surface area contributed by atoms with Gasteiger partial charge >= 0.3 is 0 Å². The van der Waals surface area contributed by atoms with Crippen molar-refractivity contribution >= 4 is 11.9 Å². The van der Waals surface area contributed by atoms with Crippen molar-refractivity contribution in [3.8, 4) is 0 Å². The van der Waals surface area contributed by atoms with Gasteiger partial charge in [-0.15, -0.1) is 0 Å². The van der Waals surface area contributed by atoms with E-state index < -0.39 is 0 Å². The fourth-order valence-electron chi connectivity index (χ4n) is 2.70. The van der Waals surface area contributed by atoms with Crippen molar-refractivity contribution in [3.63, 3.8) is 0 Å². The van der Waals surface area contributed by atoms with Crippen molar-refractivity contribution in [2.45, 2.75) is 33.7 Å². The van der Waals surface area contributed by atoms with Crippen LogP contribution < -0.4 is 16.0 Å². The Labute approximate surface area is 161 Å². The largest absolute Gasteiger partial charge is 0.357 e. The zero-order valence-electron chi connectivity index (χ0n) is 16.5. The predicted octanol–water partition coefficient (Wildman–Crippen LogP) is 1.88. The minimum Gasteiger partial charge on any atom is -0.357 e. The molecule has 3 N–H and O–H groups in total. The number of aromatic nitrogens is 2. The molecule has 1 heterocycles. The molecular weight excluding hydrogens is 340 g/mol. The third-order valence-electron chi connectivity index (χ3n) is 3.98. The Morgan fingerprint density at radius 3 is 2.52 bits per heavy atom. The van der Waals surface area contributed by atoms with Crippen molar-refractivity contribution in [2.24, 2.45) is 4.99 Å². The van der Waals surface area contributed by atoms with Gasteiger partial charge in [0.2, 0.25) is 0 Å².